The number of nitrogens with two attached hydrogens (primary N) is 1. The van der Waals surface area contributed by atoms with E-state index in [2.05, 4.69) is 9.97 Å². The van der Waals surface area contributed by atoms with Gasteiger partial charge >= 0.3 is 6.09 Å². The van der Waals surface area contributed by atoms with Crippen LogP contribution < -0.4 is 5.73 Å². The van der Waals surface area contributed by atoms with Gasteiger partial charge in [-0.25, -0.2) is 9.78 Å². The number of ether oxygens (including phenoxy) is 1. The highest BCUT2D eigenvalue weighted by molar-refractivity contribution is 5.68. The van der Waals surface area contributed by atoms with Crippen LogP contribution in [0, 0.1) is 0 Å². The Hall–Kier alpha value is -1.85. The number of nitrogens with zero attached hydrogens (tertiary/aromatic N) is 3. The van der Waals surface area contributed by atoms with Crippen LogP contribution in [-0.4, -0.2) is 39.7 Å². The molecule has 6 heteroatoms. The monoisotopic (exact) mass is 264 g/mol. The molecular formula is C13H20N4O2. The van der Waals surface area contributed by atoms with Gasteiger partial charge in [0.15, 0.2) is 0 Å². The fourth-order valence-corrected chi connectivity index (χ4v) is 2.05. The maximum atomic E-state index is 11.9. The molecule has 0 radical (unpaired) electrons. The zero-order chi connectivity index (χ0) is 14.0. The van der Waals surface area contributed by atoms with Crippen molar-refractivity contribution < 1.29 is 9.53 Å². The highest BCUT2D eigenvalue weighted by Crippen LogP contribution is 2.26. The van der Waals surface area contributed by atoms with Crippen LogP contribution in [0.25, 0.3) is 0 Å². The van der Waals surface area contributed by atoms with Gasteiger partial charge in [0.25, 0.3) is 0 Å². The summed E-state index contributed by atoms with van der Waals surface area (Å²) in [4.78, 5) is 22.0. The Balaban J connectivity index is 1.96. The van der Waals surface area contributed by atoms with Gasteiger partial charge < -0.3 is 15.4 Å². The van der Waals surface area contributed by atoms with Crippen molar-refractivity contribution >= 4 is 11.9 Å². The van der Waals surface area contributed by atoms with Crippen molar-refractivity contribution in [1.82, 2.24) is 14.9 Å². The number of anilines is 1. The average Bonchev–Trinajstić information content (AvgIpc) is 2.77. The zero-order valence-electron chi connectivity index (χ0n) is 11.6. The Morgan fingerprint density at radius 2 is 2.16 bits per heavy atom. The minimum absolute atomic E-state index is 0.209. The minimum Gasteiger partial charge on any atom is -0.444 e. The van der Waals surface area contributed by atoms with Gasteiger partial charge in [-0.2, -0.15) is 0 Å². The zero-order valence-corrected chi connectivity index (χ0v) is 11.6. The first-order valence-corrected chi connectivity index (χ1v) is 6.40. The third kappa shape index (κ3) is 3.56. The number of likely N-dealkylation sites (tertiary alicyclic amines) is 1. The number of rotatable bonds is 1. The summed E-state index contributed by atoms with van der Waals surface area (Å²) in [5.41, 5.74) is 5.93. The van der Waals surface area contributed by atoms with Gasteiger partial charge in [0, 0.05) is 19.0 Å². The maximum absolute atomic E-state index is 11.9. The van der Waals surface area contributed by atoms with Gasteiger partial charge in [-0.05, 0) is 27.2 Å². The summed E-state index contributed by atoms with van der Waals surface area (Å²) in [6.07, 6.45) is 3.83. The normalized spacial score (nSPS) is 19.5. The third-order valence-electron chi connectivity index (χ3n) is 2.95. The van der Waals surface area contributed by atoms with E-state index < -0.39 is 5.60 Å². The van der Waals surface area contributed by atoms with Crippen LogP contribution in [0.15, 0.2) is 12.4 Å². The van der Waals surface area contributed by atoms with Crippen molar-refractivity contribution in [1.29, 1.82) is 0 Å². The summed E-state index contributed by atoms with van der Waals surface area (Å²) < 4.78 is 5.36. The molecule has 1 fully saturated rings. The number of aromatic nitrogens is 2. The summed E-state index contributed by atoms with van der Waals surface area (Å²) in [5, 5.41) is 0. The molecule has 1 saturated heterocycles. The molecule has 6 nitrogen and oxygen atoms in total. The Kier molecular flexibility index (Phi) is 3.59. The molecule has 0 aliphatic carbocycles. The lowest BCUT2D eigenvalue weighted by Crippen LogP contribution is -2.35. The van der Waals surface area contributed by atoms with Gasteiger partial charge in [0.1, 0.15) is 11.4 Å². The molecule has 0 aromatic carbocycles. The molecule has 1 amide bonds. The summed E-state index contributed by atoms with van der Waals surface area (Å²) in [6, 6.07) is 0. The van der Waals surface area contributed by atoms with Crippen molar-refractivity contribution in [2.24, 2.45) is 0 Å². The Morgan fingerprint density at radius 3 is 2.74 bits per heavy atom. The molecule has 0 saturated carbocycles. The van der Waals surface area contributed by atoms with Crippen molar-refractivity contribution in [2.45, 2.75) is 38.7 Å². The Bertz CT molecular complexity index is 453. The third-order valence-corrected chi connectivity index (χ3v) is 2.95. The first-order valence-electron chi connectivity index (χ1n) is 6.40. The molecule has 0 spiro atoms. The topological polar surface area (TPSA) is 81.3 Å². The van der Waals surface area contributed by atoms with Crippen LogP contribution >= 0.6 is 0 Å². The molecule has 2 rings (SSSR count). The molecule has 1 aromatic rings. The number of hydrogen-bond acceptors (Lipinski definition) is 5. The molecule has 1 atom stereocenters. The highest BCUT2D eigenvalue weighted by atomic mass is 16.6. The average molecular weight is 264 g/mol. The van der Waals surface area contributed by atoms with Gasteiger partial charge in [0.05, 0.1) is 18.1 Å². The lowest BCUT2D eigenvalue weighted by molar-refractivity contribution is 0.0292. The number of carbonyl (C=O) groups is 1. The van der Waals surface area contributed by atoms with Crippen LogP contribution in [0.1, 0.15) is 38.8 Å². The van der Waals surface area contributed by atoms with E-state index in [0.29, 0.717) is 18.9 Å². The minimum atomic E-state index is -0.462. The van der Waals surface area contributed by atoms with Crippen LogP contribution in [0.3, 0.4) is 0 Å². The molecule has 2 heterocycles. The summed E-state index contributed by atoms with van der Waals surface area (Å²) in [5.74, 6) is 0.617. The fraction of sp³-hybridized carbons (Fsp3) is 0.615. The lowest BCUT2D eigenvalue weighted by Gasteiger charge is -2.24. The smallest absolute Gasteiger partial charge is 0.410 e. The number of hydrogen-bond donors (Lipinski definition) is 1. The summed E-state index contributed by atoms with van der Waals surface area (Å²) in [7, 11) is 0. The second-order valence-electron chi connectivity index (χ2n) is 5.78. The van der Waals surface area contributed by atoms with Crippen molar-refractivity contribution in [3.05, 3.63) is 18.1 Å². The Morgan fingerprint density at radius 1 is 1.42 bits per heavy atom. The Labute approximate surface area is 113 Å². The van der Waals surface area contributed by atoms with E-state index in [1.165, 1.54) is 0 Å². The molecule has 1 aliphatic rings. The van der Waals surface area contributed by atoms with E-state index in [1.54, 1.807) is 17.3 Å². The first-order chi connectivity index (χ1) is 8.85. The van der Waals surface area contributed by atoms with Crippen LogP contribution in [0.4, 0.5) is 10.6 Å². The summed E-state index contributed by atoms with van der Waals surface area (Å²) >= 11 is 0. The van der Waals surface area contributed by atoms with E-state index in [9.17, 15) is 4.79 Å². The number of amides is 1. The molecular weight excluding hydrogens is 244 g/mol. The highest BCUT2D eigenvalue weighted by Gasteiger charge is 2.31. The lowest BCUT2D eigenvalue weighted by atomic mass is 10.1. The number of nitrogen functional groups attached to an aromatic ring is 1. The molecule has 1 unspecified atom stereocenters. The van der Waals surface area contributed by atoms with Gasteiger partial charge in [-0.1, -0.05) is 0 Å². The summed E-state index contributed by atoms with van der Waals surface area (Å²) in [6.45, 7) is 6.90. The molecule has 1 aromatic heterocycles. The first kappa shape index (κ1) is 13.6. The van der Waals surface area contributed by atoms with E-state index in [0.717, 1.165) is 12.1 Å². The SMILES string of the molecule is CC(C)(C)OC(=O)N1CCC(c2cnc(N)cn2)C1. The maximum Gasteiger partial charge on any atom is 0.410 e. The van der Waals surface area contributed by atoms with E-state index >= 15 is 0 Å². The molecule has 0 bridgehead atoms. The second kappa shape index (κ2) is 5.03. The van der Waals surface area contributed by atoms with Crippen LogP contribution in [-0.2, 0) is 4.74 Å². The fourth-order valence-electron chi connectivity index (χ4n) is 2.05. The van der Waals surface area contributed by atoms with Crippen LogP contribution in [0.2, 0.25) is 0 Å². The van der Waals surface area contributed by atoms with E-state index in [4.69, 9.17) is 10.5 Å². The quantitative estimate of drug-likeness (QED) is 0.836. The van der Waals surface area contributed by atoms with Crippen molar-refractivity contribution in [3.8, 4) is 0 Å². The predicted octanol–water partition coefficient (Wildman–Crippen LogP) is 1.78. The van der Waals surface area contributed by atoms with Crippen molar-refractivity contribution in [3.63, 3.8) is 0 Å². The predicted molar refractivity (Wildman–Crippen MR) is 71.6 cm³/mol. The molecule has 104 valence electrons. The standard InChI is InChI=1S/C13H20N4O2/c1-13(2,3)19-12(18)17-5-4-9(8-17)10-6-16-11(14)7-15-10/h6-7,9H,4-5,8H2,1-3H3,(H2,14,16). The largest absolute Gasteiger partial charge is 0.444 e. The number of carbonyl (C=O) groups excluding carboxylic acids is 1. The van der Waals surface area contributed by atoms with Gasteiger partial charge in [-0.3, -0.25) is 4.98 Å². The second-order valence-corrected chi connectivity index (χ2v) is 5.78. The van der Waals surface area contributed by atoms with E-state index in [-0.39, 0.29) is 12.0 Å². The van der Waals surface area contributed by atoms with Crippen molar-refractivity contribution in [2.75, 3.05) is 18.8 Å². The van der Waals surface area contributed by atoms with Crippen LogP contribution in [0.5, 0.6) is 0 Å². The van der Waals surface area contributed by atoms with E-state index in [1.807, 2.05) is 20.8 Å². The molecule has 1 aliphatic heterocycles. The van der Waals surface area contributed by atoms with Gasteiger partial charge in [-0.15, -0.1) is 0 Å². The molecule has 2 N–H and O–H groups in total. The van der Waals surface area contributed by atoms with Gasteiger partial charge in [0.2, 0.25) is 0 Å². The molecule has 19 heavy (non-hydrogen) atoms.